The number of benzene rings is 1. The highest BCUT2D eigenvalue weighted by molar-refractivity contribution is 7.11. The Morgan fingerprint density at radius 1 is 1.24 bits per heavy atom. The molecule has 0 aliphatic heterocycles. The monoisotopic (exact) mass is 274 g/mol. The average molecular weight is 275 g/mol. The molecule has 2 nitrogen and oxygen atoms in total. The maximum atomic E-state index is 13.6. The van der Waals surface area contributed by atoms with Crippen molar-refractivity contribution in [3.05, 3.63) is 44.4 Å². The topological polar surface area (TPSA) is 25.8 Å². The third-order valence-corrected chi connectivity index (χ3v) is 3.64. The summed E-state index contributed by atoms with van der Waals surface area (Å²) in [7, 11) is 0. The van der Waals surface area contributed by atoms with Gasteiger partial charge in [0.05, 0.1) is 5.02 Å². The molecule has 0 N–H and O–H groups in total. The molecule has 1 aromatic heterocycles. The van der Waals surface area contributed by atoms with Crippen molar-refractivity contribution in [1.29, 1.82) is 0 Å². The number of rotatable bonds is 3. The average Bonchev–Trinajstić information content (AvgIpc) is 2.77. The predicted molar refractivity (Wildman–Crippen MR) is 63.5 cm³/mol. The van der Waals surface area contributed by atoms with Crippen LogP contribution in [0.4, 0.5) is 8.78 Å². The second-order valence-corrected chi connectivity index (χ2v) is 5.00. The van der Waals surface area contributed by atoms with Gasteiger partial charge in [0.25, 0.3) is 0 Å². The van der Waals surface area contributed by atoms with Crippen LogP contribution in [0.1, 0.15) is 22.5 Å². The van der Waals surface area contributed by atoms with Gasteiger partial charge in [-0.1, -0.05) is 18.5 Å². The fourth-order valence-electron chi connectivity index (χ4n) is 1.39. The van der Waals surface area contributed by atoms with E-state index in [0.29, 0.717) is 5.01 Å². The fraction of sp³-hybridized carbons (Fsp3) is 0.273. The van der Waals surface area contributed by atoms with E-state index in [2.05, 4.69) is 10.2 Å². The summed E-state index contributed by atoms with van der Waals surface area (Å²) in [5.41, 5.74) is -0.0590. The van der Waals surface area contributed by atoms with E-state index in [4.69, 9.17) is 11.6 Å². The number of aryl methyl sites for hydroxylation is 1. The van der Waals surface area contributed by atoms with E-state index < -0.39 is 11.6 Å². The van der Waals surface area contributed by atoms with E-state index in [1.165, 1.54) is 17.4 Å². The third kappa shape index (κ3) is 2.61. The molecule has 1 heterocycles. The van der Waals surface area contributed by atoms with Gasteiger partial charge in [-0.05, 0) is 18.6 Å². The molecular formula is C11H9ClF2N2S. The third-order valence-electron chi connectivity index (χ3n) is 2.28. The molecule has 17 heavy (non-hydrogen) atoms. The van der Waals surface area contributed by atoms with Gasteiger partial charge in [0, 0.05) is 12.0 Å². The summed E-state index contributed by atoms with van der Waals surface area (Å²) >= 11 is 6.96. The largest absolute Gasteiger partial charge is 0.207 e. The molecule has 0 radical (unpaired) electrons. The van der Waals surface area contributed by atoms with Gasteiger partial charge >= 0.3 is 0 Å². The van der Waals surface area contributed by atoms with Gasteiger partial charge in [-0.25, -0.2) is 8.78 Å². The molecule has 0 saturated heterocycles. The first-order valence-electron chi connectivity index (χ1n) is 5.05. The van der Waals surface area contributed by atoms with E-state index in [9.17, 15) is 8.78 Å². The van der Waals surface area contributed by atoms with Gasteiger partial charge in [-0.3, -0.25) is 0 Å². The van der Waals surface area contributed by atoms with Crippen LogP contribution in [0.15, 0.2) is 12.1 Å². The lowest BCUT2D eigenvalue weighted by molar-refractivity contribution is 0.561. The SMILES string of the molecule is CCc1nnc(Cc2c(F)ccc(Cl)c2F)s1. The van der Waals surface area contributed by atoms with E-state index in [1.54, 1.807) is 0 Å². The van der Waals surface area contributed by atoms with Gasteiger partial charge in [0.15, 0.2) is 0 Å². The van der Waals surface area contributed by atoms with Crippen LogP contribution in [0, 0.1) is 11.6 Å². The minimum Gasteiger partial charge on any atom is -0.207 e. The number of hydrogen-bond acceptors (Lipinski definition) is 3. The van der Waals surface area contributed by atoms with Crippen molar-refractivity contribution in [3.63, 3.8) is 0 Å². The summed E-state index contributed by atoms with van der Waals surface area (Å²) in [6.45, 7) is 1.95. The fourth-order valence-corrected chi connectivity index (χ4v) is 2.36. The lowest BCUT2D eigenvalue weighted by Gasteiger charge is -2.03. The standard InChI is InChI=1S/C11H9ClF2N2S/c1-2-9-15-16-10(17-9)5-6-8(13)4-3-7(12)11(6)14/h3-4H,2,5H2,1H3. The van der Waals surface area contributed by atoms with Crippen LogP contribution in [-0.2, 0) is 12.8 Å². The molecule has 0 aliphatic rings. The molecular weight excluding hydrogens is 266 g/mol. The van der Waals surface area contributed by atoms with Gasteiger partial charge in [0.2, 0.25) is 0 Å². The summed E-state index contributed by atoms with van der Waals surface area (Å²) in [5.74, 6) is -1.33. The van der Waals surface area contributed by atoms with Crippen LogP contribution in [0.5, 0.6) is 0 Å². The highest BCUT2D eigenvalue weighted by atomic mass is 35.5. The van der Waals surface area contributed by atoms with Crippen LogP contribution in [0.25, 0.3) is 0 Å². The van der Waals surface area contributed by atoms with Crippen LogP contribution >= 0.6 is 22.9 Å². The molecule has 2 rings (SSSR count). The number of halogens is 3. The van der Waals surface area contributed by atoms with Crippen molar-refractivity contribution in [2.45, 2.75) is 19.8 Å². The summed E-state index contributed by atoms with van der Waals surface area (Å²) in [4.78, 5) is 0. The van der Waals surface area contributed by atoms with Gasteiger partial charge in [0.1, 0.15) is 21.6 Å². The Hall–Kier alpha value is -1.07. The smallest absolute Gasteiger partial charge is 0.148 e. The lowest BCUT2D eigenvalue weighted by atomic mass is 10.1. The molecule has 0 unspecified atom stereocenters. The first kappa shape index (κ1) is 12.4. The Morgan fingerprint density at radius 2 is 1.94 bits per heavy atom. The second kappa shape index (κ2) is 5.06. The lowest BCUT2D eigenvalue weighted by Crippen LogP contribution is -1.97. The number of hydrogen-bond donors (Lipinski definition) is 0. The Morgan fingerprint density at radius 3 is 2.59 bits per heavy atom. The molecule has 0 fully saturated rings. The number of nitrogens with zero attached hydrogens (tertiary/aromatic N) is 2. The first-order valence-corrected chi connectivity index (χ1v) is 6.25. The van der Waals surface area contributed by atoms with Gasteiger partial charge in [-0.15, -0.1) is 21.5 Å². The maximum Gasteiger partial charge on any atom is 0.148 e. The van der Waals surface area contributed by atoms with Crippen LogP contribution < -0.4 is 0 Å². The molecule has 0 saturated carbocycles. The summed E-state index contributed by atoms with van der Waals surface area (Å²) in [6.07, 6.45) is 0.841. The van der Waals surface area contributed by atoms with Crippen molar-refractivity contribution < 1.29 is 8.78 Å². The molecule has 1 aromatic carbocycles. The zero-order valence-corrected chi connectivity index (χ0v) is 10.6. The van der Waals surface area contributed by atoms with Gasteiger partial charge in [-0.2, -0.15) is 0 Å². The minimum absolute atomic E-state index is 0.0590. The summed E-state index contributed by atoms with van der Waals surface area (Å²) in [6, 6.07) is 2.36. The highest BCUT2D eigenvalue weighted by Gasteiger charge is 2.15. The van der Waals surface area contributed by atoms with Crippen molar-refractivity contribution >= 4 is 22.9 Å². The van der Waals surface area contributed by atoms with E-state index in [0.717, 1.165) is 17.5 Å². The number of aromatic nitrogens is 2. The quantitative estimate of drug-likeness (QED) is 0.799. The molecule has 0 aliphatic carbocycles. The maximum absolute atomic E-state index is 13.6. The molecule has 6 heteroatoms. The zero-order valence-electron chi connectivity index (χ0n) is 9.01. The van der Waals surface area contributed by atoms with E-state index in [1.807, 2.05) is 6.92 Å². The van der Waals surface area contributed by atoms with Crippen molar-refractivity contribution in [3.8, 4) is 0 Å². The second-order valence-electron chi connectivity index (χ2n) is 3.44. The van der Waals surface area contributed by atoms with Crippen molar-refractivity contribution in [2.24, 2.45) is 0 Å². The highest BCUT2D eigenvalue weighted by Crippen LogP contribution is 2.24. The van der Waals surface area contributed by atoms with E-state index in [-0.39, 0.29) is 17.0 Å². The molecule has 2 aromatic rings. The Labute approximate surface area is 106 Å². The molecule has 0 atom stereocenters. The summed E-state index contributed by atoms with van der Waals surface area (Å²) < 4.78 is 27.1. The molecule has 0 spiro atoms. The Bertz CT molecular complexity index is 542. The van der Waals surface area contributed by atoms with E-state index >= 15 is 0 Å². The van der Waals surface area contributed by atoms with Crippen molar-refractivity contribution in [2.75, 3.05) is 0 Å². The van der Waals surface area contributed by atoms with Crippen LogP contribution in [-0.4, -0.2) is 10.2 Å². The first-order chi connectivity index (χ1) is 8.11. The Kier molecular flexibility index (Phi) is 3.69. The normalized spacial score (nSPS) is 10.8. The van der Waals surface area contributed by atoms with Gasteiger partial charge < -0.3 is 0 Å². The molecule has 0 bridgehead atoms. The zero-order chi connectivity index (χ0) is 12.4. The minimum atomic E-state index is -0.722. The molecule has 90 valence electrons. The summed E-state index contributed by atoms with van der Waals surface area (Å²) in [5, 5.41) is 9.14. The molecule has 0 amide bonds. The predicted octanol–water partition coefficient (Wildman–Crippen LogP) is 3.62. The van der Waals surface area contributed by atoms with Crippen molar-refractivity contribution in [1.82, 2.24) is 10.2 Å². The Balaban J connectivity index is 2.32. The van der Waals surface area contributed by atoms with Crippen LogP contribution in [0.2, 0.25) is 5.02 Å². The van der Waals surface area contributed by atoms with Crippen LogP contribution in [0.3, 0.4) is 0 Å².